The quantitative estimate of drug-likeness (QED) is 0.831. The Morgan fingerprint density at radius 1 is 1.32 bits per heavy atom. The Kier molecular flexibility index (Phi) is 5.32. The number of hydrogen-bond acceptors (Lipinski definition) is 2. The molecule has 0 aliphatic carbocycles. The smallest absolute Gasteiger partial charge is 0.167 e. The van der Waals surface area contributed by atoms with Gasteiger partial charge in [-0.05, 0) is 51.9 Å². The van der Waals surface area contributed by atoms with Crippen molar-refractivity contribution in [3.8, 4) is 0 Å². The third-order valence-electron chi connectivity index (χ3n) is 3.14. The molecule has 3 nitrogen and oxygen atoms in total. The van der Waals surface area contributed by atoms with E-state index in [0.717, 1.165) is 0 Å². The van der Waals surface area contributed by atoms with Crippen molar-refractivity contribution in [2.45, 2.75) is 51.8 Å². The molecule has 1 aromatic carbocycles. The van der Waals surface area contributed by atoms with E-state index in [1.165, 1.54) is 5.56 Å². The van der Waals surface area contributed by atoms with Crippen molar-refractivity contribution in [3.63, 3.8) is 0 Å². The van der Waals surface area contributed by atoms with Crippen molar-refractivity contribution in [1.82, 2.24) is 4.90 Å². The molecule has 1 rings (SSSR count). The molecule has 0 spiro atoms. The molecule has 0 bridgehead atoms. The fraction of sp³-hybridized carbons (Fsp3) is 0.533. The van der Waals surface area contributed by atoms with Crippen LogP contribution in [0.5, 0.6) is 0 Å². The Morgan fingerprint density at radius 2 is 1.84 bits per heavy atom. The second kappa shape index (κ2) is 6.35. The minimum atomic E-state index is -0.513. The minimum absolute atomic E-state index is 0.125. The van der Waals surface area contributed by atoms with E-state index >= 15 is 0 Å². The van der Waals surface area contributed by atoms with Crippen LogP contribution in [0.4, 0.5) is 0 Å². The van der Waals surface area contributed by atoms with E-state index in [0.29, 0.717) is 11.5 Å². The second-order valence-corrected chi connectivity index (χ2v) is 6.30. The molecule has 0 amide bonds. The van der Waals surface area contributed by atoms with Gasteiger partial charge in [-0.1, -0.05) is 30.3 Å². The van der Waals surface area contributed by atoms with Gasteiger partial charge in [-0.3, -0.25) is 0 Å². The first-order chi connectivity index (χ1) is 8.73. The summed E-state index contributed by atoms with van der Waals surface area (Å²) in [5, 5.41) is 10.4. The van der Waals surface area contributed by atoms with Crippen LogP contribution in [0.15, 0.2) is 30.3 Å². The molecule has 1 aromatic rings. The number of benzene rings is 1. The van der Waals surface area contributed by atoms with Crippen molar-refractivity contribution < 1.29 is 5.11 Å². The van der Waals surface area contributed by atoms with Crippen LogP contribution in [-0.2, 0) is 6.42 Å². The first-order valence-electron chi connectivity index (χ1n) is 6.54. The van der Waals surface area contributed by atoms with E-state index in [1.807, 2.05) is 43.9 Å². The van der Waals surface area contributed by atoms with E-state index in [-0.39, 0.29) is 11.6 Å². The van der Waals surface area contributed by atoms with Gasteiger partial charge in [0.1, 0.15) is 0 Å². The lowest BCUT2D eigenvalue weighted by Gasteiger charge is -2.43. The van der Waals surface area contributed by atoms with Gasteiger partial charge >= 0.3 is 0 Å². The number of nitrogens with zero attached hydrogens (tertiary/aromatic N) is 1. The fourth-order valence-corrected chi connectivity index (χ4v) is 2.73. The topological polar surface area (TPSA) is 49.5 Å². The van der Waals surface area contributed by atoms with Gasteiger partial charge in [-0.15, -0.1) is 0 Å². The number of nitrogens with two attached hydrogens (primary N) is 1. The summed E-state index contributed by atoms with van der Waals surface area (Å²) in [4.78, 5) is 1.93. The number of thiocarbonyl (C=S) groups is 1. The van der Waals surface area contributed by atoms with E-state index in [4.69, 9.17) is 18.0 Å². The summed E-state index contributed by atoms with van der Waals surface area (Å²) in [6.07, 6.45) is 0.202. The van der Waals surface area contributed by atoms with Crippen LogP contribution in [-0.4, -0.2) is 32.8 Å². The number of rotatable bonds is 4. The summed E-state index contributed by atoms with van der Waals surface area (Å²) in [7, 11) is 0. The van der Waals surface area contributed by atoms with Gasteiger partial charge < -0.3 is 15.7 Å². The highest BCUT2D eigenvalue weighted by Crippen LogP contribution is 2.22. The van der Waals surface area contributed by atoms with Crippen LogP contribution in [0.3, 0.4) is 0 Å². The van der Waals surface area contributed by atoms with Crippen LogP contribution in [0.2, 0.25) is 0 Å². The largest absolute Gasteiger partial charge is 0.391 e. The third kappa shape index (κ3) is 4.48. The van der Waals surface area contributed by atoms with Crippen molar-refractivity contribution >= 4 is 17.3 Å². The zero-order valence-electron chi connectivity index (χ0n) is 12.1. The van der Waals surface area contributed by atoms with Crippen molar-refractivity contribution in [3.05, 3.63) is 35.9 Å². The zero-order valence-corrected chi connectivity index (χ0v) is 12.9. The van der Waals surface area contributed by atoms with Gasteiger partial charge in [-0.25, -0.2) is 0 Å². The van der Waals surface area contributed by atoms with E-state index in [2.05, 4.69) is 12.1 Å². The van der Waals surface area contributed by atoms with E-state index < -0.39 is 6.10 Å². The first-order valence-corrected chi connectivity index (χ1v) is 6.95. The van der Waals surface area contributed by atoms with Crippen LogP contribution in [0, 0.1) is 0 Å². The van der Waals surface area contributed by atoms with Gasteiger partial charge in [0.15, 0.2) is 5.11 Å². The number of aliphatic hydroxyl groups excluding tert-OH is 1. The second-order valence-electron chi connectivity index (χ2n) is 5.88. The van der Waals surface area contributed by atoms with Crippen molar-refractivity contribution in [2.24, 2.45) is 5.73 Å². The maximum Gasteiger partial charge on any atom is 0.167 e. The van der Waals surface area contributed by atoms with Crippen LogP contribution >= 0.6 is 12.2 Å². The molecule has 3 N–H and O–H groups in total. The lowest BCUT2D eigenvalue weighted by molar-refractivity contribution is 0.0582. The molecule has 0 aromatic heterocycles. The Balaban J connectivity index is 3.02. The van der Waals surface area contributed by atoms with Gasteiger partial charge in [0.25, 0.3) is 0 Å². The van der Waals surface area contributed by atoms with Crippen LogP contribution in [0.25, 0.3) is 0 Å². The Labute approximate surface area is 121 Å². The molecule has 0 saturated heterocycles. The molecular weight excluding hydrogens is 256 g/mol. The summed E-state index contributed by atoms with van der Waals surface area (Å²) >= 11 is 5.17. The Bertz CT molecular complexity index is 412. The normalized spacial score (nSPS) is 14.8. The SMILES string of the molecule is C[C@H](O)[C@@H](Cc1ccccc1)N(C(N)=S)C(C)(C)C. The Morgan fingerprint density at radius 3 is 2.21 bits per heavy atom. The number of hydrogen-bond donors (Lipinski definition) is 2. The highest BCUT2D eigenvalue weighted by molar-refractivity contribution is 7.80. The summed E-state index contributed by atoms with van der Waals surface area (Å²) < 4.78 is 0. The predicted molar refractivity (Wildman–Crippen MR) is 84.0 cm³/mol. The average Bonchev–Trinajstić information content (AvgIpc) is 2.27. The monoisotopic (exact) mass is 280 g/mol. The summed E-state index contributed by atoms with van der Waals surface area (Å²) in [6, 6.07) is 9.95. The van der Waals surface area contributed by atoms with Crippen LogP contribution in [0.1, 0.15) is 33.3 Å². The van der Waals surface area contributed by atoms with E-state index in [9.17, 15) is 5.11 Å². The fourth-order valence-electron chi connectivity index (χ4n) is 2.32. The van der Waals surface area contributed by atoms with Crippen LogP contribution < -0.4 is 5.73 Å². The van der Waals surface area contributed by atoms with Gasteiger partial charge in [-0.2, -0.15) is 0 Å². The number of aliphatic hydroxyl groups is 1. The molecule has 0 aliphatic heterocycles. The summed E-state index contributed by atoms with van der Waals surface area (Å²) in [5.74, 6) is 0. The molecule has 19 heavy (non-hydrogen) atoms. The third-order valence-corrected chi connectivity index (χ3v) is 3.33. The molecule has 4 heteroatoms. The molecule has 0 radical (unpaired) electrons. The maximum atomic E-state index is 10.1. The molecular formula is C15H24N2OS. The van der Waals surface area contributed by atoms with Crippen molar-refractivity contribution in [1.29, 1.82) is 0 Å². The Hall–Kier alpha value is -1.13. The zero-order chi connectivity index (χ0) is 14.6. The molecule has 0 saturated carbocycles. The summed E-state index contributed by atoms with van der Waals surface area (Å²) in [5.41, 5.74) is 6.81. The maximum absolute atomic E-state index is 10.1. The average molecular weight is 280 g/mol. The van der Waals surface area contributed by atoms with Gasteiger partial charge in [0.2, 0.25) is 0 Å². The molecule has 0 aliphatic rings. The van der Waals surface area contributed by atoms with Crippen molar-refractivity contribution in [2.75, 3.05) is 0 Å². The molecule has 0 fully saturated rings. The molecule has 0 unspecified atom stereocenters. The van der Waals surface area contributed by atoms with Gasteiger partial charge in [0.05, 0.1) is 12.1 Å². The van der Waals surface area contributed by atoms with E-state index in [1.54, 1.807) is 6.92 Å². The highest BCUT2D eigenvalue weighted by Gasteiger charge is 2.32. The van der Waals surface area contributed by atoms with Gasteiger partial charge in [0, 0.05) is 5.54 Å². The highest BCUT2D eigenvalue weighted by atomic mass is 32.1. The lowest BCUT2D eigenvalue weighted by Crippen LogP contribution is -2.57. The molecule has 0 heterocycles. The first kappa shape index (κ1) is 15.9. The molecule has 106 valence electrons. The molecule has 2 atom stereocenters. The predicted octanol–water partition coefficient (Wildman–Crippen LogP) is 2.32. The summed E-state index contributed by atoms with van der Waals surface area (Å²) in [6.45, 7) is 7.93. The standard InChI is InChI=1S/C15H24N2OS/c1-11(18)13(10-12-8-6-5-7-9-12)17(14(16)19)15(2,3)4/h5-9,11,13,18H,10H2,1-4H3,(H2,16,19)/t11-,13+/m0/s1. The minimum Gasteiger partial charge on any atom is -0.391 e. The lowest BCUT2D eigenvalue weighted by atomic mass is 9.95.